The van der Waals surface area contributed by atoms with E-state index >= 15 is 0 Å². The van der Waals surface area contributed by atoms with Gasteiger partial charge in [0.25, 0.3) is 5.69 Å². The van der Waals surface area contributed by atoms with Crippen molar-refractivity contribution in [2.75, 3.05) is 7.05 Å². The van der Waals surface area contributed by atoms with Crippen molar-refractivity contribution in [1.82, 2.24) is 5.48 Å². The number of nitrogens with one attached hydrogen (secondary N) is 1. The van der Waals surface area contributed by atoms with E-state index in [1.807, 2.05) is 5.48 Å². The topological polar surface area (TPSA) is 154 Å². The molecule has 2 N–H and O–H groups in total. The Morgan fingerprint density at radius 3 is 2.42 bits per heavy atom. The minimum atomic E-state index is -4.61. The number of hydrogen-bond acceptors (Lipinski definition) is 8. The van der Waals surface area contributed by atoms with Crippen LogP contribution in [0.3, 0.4) is 0 Å². The average Bonchev–Trinajstić information content (AvgIpc) is 2.27. The van der Waals surface area contributed by atoms with Gasteiger partial charge in [0.15, 0.2) is 0 Å². The number of hydroxylamine groups is 1. The van der Waals surface area contributed by atoms with Crippen molar-refractivity contribution in [3.63, 3.8) is 0 Å². The van der Waals surface area contributed by atoms with Crippen LogP contribution in [0.2, 0.25) is 0 Å². The maximum absolute atomic E-state index is 11.3. The van der Waals surface area contributed by atoms with Crippen LogP contribution >= 0.6 is 7.82 Å². The smallest absolute Gasteiger partial charge is 0.396 e. The maximum Gasteiger partial charge on any atom is 0.544 e. The molecular formula is C7H8N3O8P. The van der Waals surface area contributed by atoms with E-state index < -0.39 is 34.8 Å². The van der Waals surface area contributed by atoms with Gasteiger partial charge in [-0.3, -0.25) is 25.1 Å². The van der Waals surface area contributed by atoms with Crippen LogP contribution in [0.1, 0.15) is 0 Å². The molecule has 1 rings (SSSR count). The molecule has 0 spiro atoms. The van der Waals surface area contributed by atoms with Gasteiger partial charge in [-0.1, -0.05) is 0 Å². The zero-order valence-electron chi connectivity index (χ0n) is 9.38. The fraction of sp³-hybridized carbons (Fsp3) is 0.143. The van der Waals surface area contributed by atoms with Gasteiger partial charge in [0, 0.05) is 13.1 Å². The maximum atomic E-state index is 11.3. The van der Waals surface area contributed by atoms with Gasteiger partial charge < -0.3 is 4.52 Å². The van der Waals surface area contributed by atoms with Crippen LogP contribution in [0, 0.1) is 20.2 Å². The molecule has 0 saturated heterocycles. The van der Waals surface area contributed by atoms with E-state index in [0.29, 0.717) is 6.07 Å². The zero-order valence-corrected chi connectivity index (χ0v) is 10.3. The largest absolute Gasteiger partial charge is 0.544 e. The quantitative estimate of drug-likeness (QED) is 0.446. The number of nitrogens with zero attached hydrogens (tertiary/aromatic N) is 2. The summed E-state index contributed by atoms with van der Waals surface area (Å²) in [6.07, 6.45) is 0. The number of nitro benzene ring substituents is 2. The second-order valence-corrected chi connectivity index (χ2v) is 4.32. The molecule has 19 heavy (non-hydrogen) atoms. The lowest BCUT2D eigenvalue weighted by atomic mass is 10.2. The SMILES string of the molecule is CNOP(=O)(O)Oc1ccc([N+](=O)[O-])cc1[N+](=O)[O-]. The number of benzene rings is 1. The molecule has 12 heteroatoms. The Balaban J connectivity index is 3.18. The first-order chi connectivity index (χ1) is 8.76. The van der Waals surface area contributed by atoms with E-state index in [9.17, 15) is 24.8 Å². The first kappa shape index (κ1) is 15.0. The Morgan fingerprint density at radius 1 is 1.32 bits per heavy atom. The summed E-state index contributed by atoms with van der Waals surface area (Å²) in [6.45, 7) is 0. The van der Waals surface area contributed by atoms with Crippen molar-refractivity contribution < 1.29 is 28.5 Å². The van der Waals surface area contributed by atoms with Crippen LogP contribution in [0.5, 0.6) is 5.75 Å². The van der Waals surface area contributed by atoms with Crippen molar-refractivity contribution >= 4 is 19.2 Å². The van der Waals surface area contributed by atoms with Gasteiger partial charge in [-0.05, 0) is 6.07 Å². The van der Waals surface area contributed by atoms with E-state index in [-0.39, 0.29) is 0 Å². The van der Waals surface area contributed by atoms with Crippen molar-refractivity contribution in [3.8, 4) is 5.75 Å². The Bertz CT molecular complexity index is 561. The summed E-state index contributed by atoms with van der Waals surface area (Å²) in [5, 5.41) is 21.2. The van der Waals surface area contributed by atoms with Gasteiger partial charge in [-0.2, -0.15) is 10.1 Å². The number of hydrogen-bond donors (Lipinski definition) is 2. The molecule has 0 aliphatic carbocycles. The second kappa shape index (κ2) is 5.71. The molecule has 1 atom stereocenters. The van der Waals surface area contributed by atoms with Crippen LogP contribution in [0.4, 0.5) is 11.4 Å². The van der Waals surface area contributed by atoms with Crippen molar-refractivity contribution in [1.29, 1.82) is 0 Å². The van der Waals surface area contributed by atoms with Crippen LogP contribution in [0.25, 0.3) is 0 Å². The number of phosphoric ester groups is 1. The fourth-order valence-electron chi connectivity index (χ4n) is 1.10. The number of non-ortho nitro benzene ring substituents is 1. The van der Waals surface area contributed by atoms with Crippen molar-refractivity contribution in [2.45, 2.75) is 0 Å². The van der Waals surface area contributed by atoms with E-state index in [2.05, 4.69) is 9.15 Å². The number of rotatable bonds is 6. The first-order valence-electron chi connectivity index (χ1n) is 4.57. The van der Waals surface area contributed by atoms with E-state index in [1.165, 1.54) is 7.05 Å². The standard InChI is InChI=1S/C7H8N3O8P/c1-8-18-19(15,16)17-7-3-2-5(9(11)12)4-6(7)10(13)14/h2-4,8H,1H3,(H,15,16). The molecule has 1 aromatic carbocycles. The highest BCUT2D eigenvalue weighted by Gasteiger charge is 2.29. The normalized spacial score (nSPS) is 13.6. The molecule has 0 radical (unpaired) electrons. The van der Waals surface area contributed by atoms with Crippen LogP contribution in [0.15, 0.2) is 18.2 Å². The molecule has 0 bridgehead atoms. The summed E-state index contributed by atoms with van der Waals surface area (Å²) >= 11 is 0. The van der Waals surface area contributed by atoms with Gasteiger partial charge in [-0.15, -0.1) is 0 Å². The summed E-state index contributed by atoms with van der Waals surface area (Å²) in [5.41, 5.74) is 0.506. The minimum Gasteiger partial charge on any atom is -0.396 e. The van der Waals surface area contributed by atoms with E-state index in [4.69, 9.17) is 4.89 Å². The zero-order chi connectivity index (χ0) is 14.6. The third-order valence-electron chi connectivity index (χ3n) is 1.77. The first-order valence-corrected chi connectivity index (χ1v) is 6.07. The molecule has 1 aromatic rings. The average molecular weight is 293 g/mol. The molecule has 0 aromatic heterocycles. The van der Waals surface area contributed by atoms with Crippen molar-refractivity contribution in [2.24, 2.45) is 0 Å². The van der Waals surface area contributed by atoms with Crippen molar-refractivity contribution in [3.05, 3.63) is 38.4 Å². The third kappa shape index (κ3) is 3.96. The number of nitro groups is 2. The van der Waals surface area contributed by atoms with E-state index in [1.54, 1.807) is 0 Å². The van der Waals surface area contributed by atoms with Crippen LogP contribution in [-0.4, -0.2) is 21.8 Å². The summed E-state index contributed by atoms with van der Waals surface area (Å²) in [4.78, 5) is 28.5. The Hall–Kier alpha value is -2.07. The molecule has 0 aliphatic rings. The Labute approximate surface area is 105 Å². The van der Waals surface area contributed by atoms with Gasteiger partial charge in [0.2, 0.25) is 5.75 Å². The Morgan fingerprint density at radius 2 is 1.95 bits per heavy atom. The summed E-state index contributed by atoms with van der Waals surface area (Å²) in [7, 11) is -3.43. The van der Waals surface area contributed by atoms with Gasteiger partial charge in [0.05, 0.1) is 15.9 Å². The molecule has 0 saturated carbocycles. The van der Waals surface area contributed by atoms with Gasteiger partial charge in [-0.25, -0.2) is 4.57 Å². The van der Waals surface area contributed by atoms with Gasteiger partial charge >= 0.3 is 13.5 Å². The number of phosphoric acid groups is 1. The molecule has 11 nitrogen and oxygen atoms in total. The fourth-order valence-corrected chi connectivity index (χ4v) is 1.77. The van der Waals surface area contributed by atoms with E-state index in [0.717, 1.165) is 12.1 Å². The lowest BCUT2D eigenvalue weighted by Gasteiger charge is -2.11. The lowest BCUT2D eigenvalue weighted by Crippen LogP contribution is -2.09. The summed E-state index contributed by atoms with van der Waals surface area (Å²) in [6, 6.07) is 2.33. The molecule has 0 fully saturated rings. The molecule has 104 valence electrons. The second-order valence-electron chi connectivity index (χ2n) is 3.02. The molecule has 0 aliphatic heterocycles. The Kier molecular flexibility index (Phi) is 4.51. The molecule has 0 amide bonds. The summed E-state index contributed by atoms with van der Waals surface area (Å²) in [5.74, 6) is -0.628. The minimum absolute atomic E-state index is 0.554. The predicted octanol–water partition coefficient (Wildman–Crippen LogP) is 1.13. The third-order valence-corrected chi connectivity index (χ3v) is 2.61. The van der Waals surface area contributed by atoms with Crippen LogP contribution < -0.4 is 10.0 Å². The molecule has 1 unspecified atom stereocenters. The highest BCUT2D eigenvalue weighted by molar-refractivity contribution is 7.47. The van der Waals surface area contributed by atoms with Gasteiger partial charge in [0.1, 0.15) is 0 Å². The highest BCUT2D eigenvalue weighted by atomic mass is 31.2. The summed E-state index contributed by atoms with van der Waals surface area (Å²) < 4.78 is 19.8. The van der Waals surface area contributed by atoms with Crippen LogP contribution in [-0.2, 0) is 9.19 Å². The monoisotopic (exact) mass is 293 g/mol. The molecular weight excluding hydrogens is 285 g/mol. The highest BCUT2D eigenvalue weighted by Crippen LogP contribution is 2.46. The lowest BCUT2D eigenvalue weighted by molar-refractivity contribution is -0.394. The molecule has 0 heterocycles. The predicted molar refractivity (Wildman–Crippen MR) is 60.3 cm³/mol.